The van der Waals surface area contributed by atoms with Crippen molar-refractivity contribution in [3.05, 3.63) is 86.4 Å². The first-order chi connectivity index (χ1) is 17.0. The number of nitrogens with zero attached hydrogens (tertiary/aromatic N) is 1. The van der Waals surface area contributed by atoms with E-state index >= 15 is 0 Å². The summed E-state index contributed by atoms with van der Waals surface area (Å²) in [6.07, 6.45) is 0.921. The number of alkyl halides is 2. The number of carbonyl (C=O) groups is 2. The summed E-state index contributed by atoms with van der Waals surface area (Å²) in [6.45, 7) is 0.943. The number of rotatable bonds is 5. The maximum absolute atomic E-state index is 13.1. The number of nitrogens with one attached hydrogen (secondary N) is 2. The van der Waals surface area contributed by atoms with Gasteiger partial charge >= 0.3 is 0 Å². The Morgan fingerprint density at radius 3 is 2.31 bits per heavy atom. The van der Waals surface area contributed by atoms with Gasteiger partial charge in [0.05, 0.1) is 16.5 Å². The van der Waals surface area contributed by atoms with Crippen LogP contribution in [0.4, 0.5) is 17.1 Å². The lowest BCUT2D eigenvalue weighted by molar-refractivity contribution is -0.117. The summed E-state index contributed by atoms with van der Waals surface area (Å²) in [5, 5.41) is 6.80. The van der Waals surface area contributed by atoms with Gasteiger partial charge in [0.1, 0.15) is 4.33 Å². The number of hydrogen-bond donors (Lipinski definition) is 2. The van der Waals surface area contributed by atoms with E-state index in [4.69, 9.17) is 58.0 Å². The van der Waals surface area contributed by atoms with Gasteiger partial charge in [0, 0.05) is 46.6 Å². The molecule has 2 atom stereocenters. The largest absolute Gasteiger partial charge is 0.374 e. The van der Waals surface area contributed by atoms with Crippen LogP contribution in [0.3, 0.4) is 0 Å². The Morgan fingerprint density at radius 2 is 1.58 bits per heavy atom. The first kappa shape index (κ1) is 25.5. The molecule has 2 amide bonds. The van der Waals surface area contributed by atoms with Gasteiger partial charge in [-0.05, 0) is 72.1 Å². The van der Waals surface area contributed by atoms with Crippen LogP contribution < -0.4 is 15.5 Å². The number of amides is 2. The van der Waals surface area contributed by atoms with Gasteiger partial charge in [-0.2, -0.15) is 0 Å². The average molecular weight is 584 g/mol. The molecule has 0 bridgehead atoms. The molecule has 186 valence electrons. The molecule has 2 aliphatic rings. The molecular formula is C26H20Cl5N3O2. The summed E-state index contributed by atoms with van der Waals surface area (Å²) in [6, 6.07) is 15.5. The molecule has 0 saturated heterocycles. The summed E-state index contributed by atoms with van der Waals surface area (Å²) in [5.41, 5.74) is 4.30. The Kier molecular flexibility index (Phi) is 6.81. The zero-order chi connectivity index (χ0) is 25.8. The second-order valence-corrected chi connectivity index (χ2v) is 11.7. The minimum atomic E-state index is -1.31. The zero-order valence-electron chi connectivity index (χ0n) is 18.9. The first-order valence-electron chi connectivity index (χ1n) is 11.1. The van der Waals surface area contributed by atoms with Crippen molar-refractivity contribution in [1.29, 1.82) is 0 Å². The van der Waals surface area contributed by atoms with Crippen molar-refractivity contribution in [2.24, 2.45) is 5.92 Å². The van der Waals surface area contributed by atoms with Crippen LogP contribution >= 0.6 is 58.0 Å². The van der Waals surface area contributed by atoms with Crippen molar-refractivity contribution >= 4 is 86.9 Å². The molecular weight excluding hydrogens is 564 g/mol. The molecule has 3 aromatic rings. The highest BCUT2D eigenvalue weighted by Gasteiger charge is 2.67. The summed E-state index contributed by atoms with van der Waals surface area (Å²) >= 11 is 31.4. The van der Waals surface area contributed by atoms with Crippen LogP contribution in [0.15, 0.2) is 54.6 Å². The van der Waals surface area contributed by atoms with Crippen molar-refractivity contribution in [2.75, 3.05) is 29.1 Å². The predicted octanol–water partition coefficient (Wildman–Crippen LogP) is 7.42. The maximum Gasteiger partial charge on any atom is 0.257 e. The van der Waals surface area contributed by atoms with E-state index in [2.05, 4.69) is 15.5 Å². The third-order valence-electron chi connectivity index (χ3n) is 6.52. The SMILES string of the molecule is CN1CCc2cc(NC(=O)c3cc(NC(=O)[C@H]4[C@H](c5cc(Cl)cc(Cl)c5)C4(Cl)Cl)ccc3Cl)ccc21. The Hall–Kier alpha value is -2.15. The summed E-state index contributed by atoms with van der Waals surface area (Å²) < 4.78 is -1.31. The Morgan fingerprint density at radius 1 is 0.917 bits per heavy atom. The van der Waals surface area contributed by atoms with E-state index in [1.807, 2.05) is 25.2 Å². The lowest BCUT2D eigenvalue weighted by atomic mass is 10.1. The molecule has 0 radical (unpaired) electrons. The van der Waals surface area contributed by atoms with Crippen LogP contribution in [0.2, 0.25) is 15.1 Å². The van der Waals surface area contributed by atoms with Gasteiger partial charge in [0.2, 0.25) is 5.91 Å². The molecule has 1 heterocycles. The van der Waals surface area contributed by atoms with Gasteiger partial charge in [0.25, 0.3) is 5.91 Å². The lowest BCUT2D eigenvalue weighted by Gasteiger charge is -2.13. The topological polar surface area (TPSA) is 61.4 Å². The van der Waals surface area contributed by atoms with E-state index < -0.39 is 22.1 Å². The maximum atomic E-state index is 13.1. The third-order valence-corrected chi connectivity index (χ3v) is 8.23. The molecule has 3 aromatic carbocycles. The number of anilines is 3. The van der Waals surface area contributed by atoms with Crippen molar-refractivity contribution < 1.29 is 9.59 Å². The fraction of sp³-hybridized carbons (Fsp3) is 0.231. The Bertz CT molecular complexity index is 1370. The minimum Gasteiger partial charge on any atom is -0.374 e. The summed E-state index contributed by atoms with van der Waals surface area (Å²) in [5.74, 6) is -1.99. The highest BCUT2D eigenvalue weighted by molar-refractivity contribution is 6.53. The van der Waals surface area contributed by atoms with E-state index in [9.17, 15) is 9.59 Å². The van der Waals surface area contributed by atoms with Crippen LogP contribution in [0.5, 0.6) is 0 Å². The number of hydrogen-bond acceptors (Lipinski definition) is 3. The zero-order valence-corrected chi connectivity index (χ0v) is 22.7. The quantitative estimate of drug-likeness (QED) is 0.308. The van der Waals surface area contributed by atoms with E-state index in [0.29, 0.717) is 27.0 Å². The van der Waals surface area contributed by atoms with Gasteiger partial charge in [0.15, 0.2) is 0 Å². The van der Waals surface area contributed by atoms with Crippen molar-refractivity contribution in [3.8, 4) is 0 Å². The predicted molar refractivity (Wildman–Crippen MR) is 149 cm³/mol. The third kappa shape index (κ3) is 4.88. The molecule has 1 fully saturated rings. The van der Waals surface area contributed by atoms with E-state index in [-0.39, 0.29) is 16.5 Å². The van der Waals surface area contributed by atoms with Crippen molar-refractivity contribution in [2.45, 2.75) is 16.7 Å². The Balaban J connectivity index is 1.31. The monoisotopic (exact) mass is 581 g/mol. The molecule has 0 spiro atoms. The van der Waals surface area contributed by atoms with Crippen LogP contribution in [0.1, 0.15) is 27.4 Å². The first-order valence-corrected chi connectivity index (χ1v) is 13.0. The normalized spacial score (nSPS) is 19.6. The molecule has 10 heteroatoms. The number of likely N-dealkylation sites (N-methyl/N-ethyl adjacent to an activating group) is 1. The summed E-state index contributed by atoms with van der Waals surface area (Å²) in [4.78, 5) is 28.2. The minimum absolute atomic E-state index is 0.226. The van der Waals surface area contributed by atoms with Gasteiger partial charge in [-0.1, -0.05) is 34.8 Å². The second kappa shape index (κ2) is 9.62. The van der Waals surface area contributed by atoms with Crippen LogP contribution in [0.25, 0.3) is 0 Å². The van der Waals surface area contributed by atoms with Crippen LogP contribution in [-0.4, -0.2) is 29.7 Å². The van der Waals surface area contributed by atoms with Gasteiger partial charge in [-0.15, -0.1) is 23.2 Å². The summed E-state index contributed by atoms with van der Waals surface area (Å²) in [7, 11) is 2.04. The molecule has 2 N–H and O–H groups in total. The molecule has 36 heavy (non-hydrogen) atoms. The van der Waals surface area contributed by atoms with Gasteiger partial charge in [-0.3, -0.25) is 9.59 Å². The number of carbonyl (C=O) groups excluding carboxylic acids is 2. The van der Waals surface area contributed by atoms with E-state index in [1.165, 1.54) is 11.6 Å². The highest BCUT2D eigenvalue weighted by atomic mass is 35.5. The molecule has 0 aromatic heterocycles. The molecule has 1 saturated carbocycles. The van der Waals surface area contributed by atoms with Crippen molar-refractivity contribution in [1.82, 2.24) is 0 Å². The van der Waals surface area contributed by atoms with Crippen molar-refractivity contribution in [3.63, 3.8) is 0 Å². The standard InChI is InChI=1S/C26H20Cl5N3O2/c1-34-7-6-13-10-17(3-5-21(13)34)32-24(35)19-12-18(2-4-20(19)29)33-25(36)23-22(26(23,30)31)14-8-15(27)11-16(28)9-14/h2-5,8-12,22-23H,6-7H2,1H3,(H,32,35)(H,33,36)/t22-,23+/m0/s1. The Labute approximate surface area is 233 Å². The number of halogens is 5. The van der Waals surface area contributed by atoms with Crippen LogP contribution in [0, 0.1) is 5.92 Å². The fourth-order valence-corrected chi connectivity index (χ4v) is 6.24. The number of benzene rings is 3. The van der Waals surface area contributed by atoms with Crippen LogP contribution in [-0.2, 0) is 11.2 Å². The smallest absolute Gasteiger partial charge is 0.257 e. The molecule has 1 aliphatic heterocycles. The highest BCUT2D eigenvalue weighted by Crippen LogP contribution is 2.65. The number of fused-ring (bicyclic) bond motifs is 1. The van der Waals surface area contributed by atoms with Gasteiger partial charge < -0.3 is 15.5 Å². The van der Waals surface area contributed by atoms with E-state index in [0.717, 1.165) is 18.7 Å². The molecule has 5 nitrogen and oxygen atoms in total. The van der Waals surface area contributed by atoms with E-state index in [1.54, 1.807) is 30.3 Å². The van der Waals surface area contributed by atoms with Gasteiger partial charge in [-0.25, -0.2) is 0 Å². The second-order valence-electron chi connectivity index (χ2n) is 8.99. The fourth-order valence-electron chi connectivity index (χ4n) is 4.66. The lowest BCUT2D eigenvalue weighted by Crippen LogP contribution is -2.18. The molecule has 1 aliphatic carbocycles. The molecule has 0 unspecified atom stereocenters. The average Bonchev–Trinajstić information content (AvgIpc) is 3.21. The molecule has 5 rings (SSSR count).